The minimum absolute atomic E-state index is 4.06. The topological polar surface area (TPSA) is 3.24 Å². The van der Waals surface area contributed by atoms with E-state index in [0.29, 0.717) is 0 Å². The first kappa shape index (κ1) is 21.5. The largest absolute Gasteiger partial charge is 0.391 e. The molecule has 3 atom stereocenters. The van der Waals surface area contributed by atoms with Crippen molar-refractivity contribution in [3.05, 3.63) is 0 Å². The van der Waals surface area contributed by atoms with Crippen molar-refractivity contribution in [1.82, 2.24) is 4.90 Å². The number of rotatable bonds is 0. The van der Waals surface area contributed by atoms with E-state index in [-0.39, 0.29) is 0 Å². The Morgan fingerprint density at radius 1 is 0.321 bits per heavy atom. The molecule has 0 radical (unpaired) electrons. The second kappa shape index (κ2) is 4.14. The highest BCUT2D eigenvalue weighted by molar-refractivity contribution is 5.44. The van der Waals surface area contributed by atoms with Gasteiger partial charge in [0, 0.05) is 0 Å². The lowest BCUT2D eigenvalue weighted by molar-refractivity contribution is -0.459. The van der Waals surface area contributed by atoms with Crippen molar-refractivity contribution in [2.45, 2.75) is 58.8 Å². The van der Waals surface area contributed by atoms with Crippen molar-refractivity contribution in [3.63, 3.8) is 0 Å². The highest BCUT2D eigenvalue weighted by atomic mass is 19.4. The summed E-state index contributed by atoms with van der Waals surface area (Å²) < 4.78 is 233. The molecule has 0 spiro atoms. The third-order valence-corrected chi connectivity index (χ3v) is 5.03. The first-order valence-electron chi connectivity index (χ1n) is 6.38. The number of halogens is 17. The first-order chi connectivity index (χ1) is 11.9. The lowest BCUT2D eigenvalue weighted by Crippen LogP contribution is -2.85. The molecule has 0 aromatic rings. The van der Waals surface area contributed by atoms with E-state index in [1.807, 2.05) is 0 Å². The van der Waals surface area contributed by atoms with Gasteiger partial charge in [-0.15, -0.1) is 4.90 Å². The number of nitrogens with zero attached hydrogens (tertiary/aromatic N) is 1. The van der Waals surface area contributed by atoms with E-state index >= 15 is 0 Å². The lowest BCUT2D eigenvalue weighted by atomic mass is 9.77. The molecule has 2 saturated heterocycles. The number of piperidine rings is 1. The molecular formula is C10F17N. The van der Waals surface area contributed by atoms with Crippen molar-refractivity contribution < 1.29 is 74.6 Å². The second-order valence-electron chi connectivity index (χ2n) is 6.23. The summed E-state index contributed by atoms with van der Waals surface area (Å²) in [5.41, 5.74) is -7.96. The standard InChI is InChI=1S/C10F17N/c11-1-2(12,13)5(18,19)8(24,3(1,14)15)28-9(25,4(1,16)17)6(20,21)7(22,23)10(28,26)27. The molecule has 0 aromatic carbocycles. The predicted molar refractivity (Wildman–Crippen MR) is 48.0 cm³/mol. The van der Waals surface area contributed by atoms with Gasteiger partial charge in [-0.25, -0.2) is 13.2 Å². The third kappa shape index (κ3) is 1.23. The molecule has 0 aromatic heterocycles. The van der Waals surface area contributed by atoms with E-state index in [0.717, 1.165) is 0 Å². The van der Waals surface area contributed by atoms with Crippen molar-refractivity contribution >= 4 is 0 Å². The van der Waals surface area contributed by atoms with Gasteiger partial charge in [-0.05, 0) is 0 Å². The molecule has 18 heteroatoms. The SMILES string of the molecule is FC1(F)N2C(F)(C(F)(F)C1(F)F)C(F)(F)C1(F)C(F)(F)C(F)(F)C2(F)C1(F)F. The maximum absolute atomic E-state index is 14.4. The molecule has 3 fully saturated rings. The monoisotopic (exact) mass is 457 g/mol. The highest BCUT2D eigenvalue weighted by Crippen LogP contribution is 2.84. The van der Waals surface area contributed by atoms with Crippen LogP contribution in [-0.2, 0) is 0 Å². The van der Waals surface area contributed by atoms with Gasteiger partial charge >= 0.3 is 58.8 Å². The molecule has 0 amide bonds. The summed E-state index contributed by atoms with van der Waals surface area (Å²) in [4.78, 5) is -4.06. The molecule has 164 valence electrons. The molecule has 1 nitrogen and oxygen atoms in total. The van der Waals surface area contributed by atoms with E-state index in [1.165, 1.54) is 0 Å². The van der Waals surface area contributed by atoms with Crippen LogP contribution in [-0.4, -0.2) is 63.7 Å². The fraction of sp³-hybridized carbons (Fsp3) is 1.00. The van der Waals surface area contributed by atoms with E-state index in [9.17, 15) is 74.6 Å². The molecule has 0 N–H and O–H groups in total. The molecule has 2 aliphatic heterocycles. The summed E-state index contributed by atoms with van der Waals surface area (Å²) in [6.07, 6.45) is 0. The van der Waals surface area contributed by atoms with Gasteiger partial charge in [0.15, 0.2) is 0 Å². The maximum atomic E-state index is 14.4. The van der Waals surface area contributed by atoms with Crippen LogP contribution in [0.2, 0.25) is 0 Å². The van der Waals surface area contributed by atoms with Crippen molar-refractivity contribution in [2.75, 3.05) is 0 Å². The normalized spacial score (nSPS) is 48.3. The molecular weight excluding hydrogens is 457 g/mol. The van der Waals surface area contributed by atoms with Gasteiger partial charge < -0.3 is 0 Å². The molecule has 2 heterocycles. The average Bonchev–Trinajstić information content (AvgIpc) is 2.60. The van der Waals surface area contributed by atoms with Gasteiger partial charge in [0.25, 0.3) is 0 Å². The number of hydrogen-bond donors (Lipinski definition) is 0. The van der Waals surface area contributed by atoms with Crippen LogP contribution in [0.1, 0.15) is 0 Å². The molecule has 1 saturated carbocycles. The summed E-state index contributed by atoms with van der Waals surface area (Å²) in [6.45, 7) is 0. The summed E-state index contributed by atoms with van der Waals surface area (Å²) in [5, 5.41) is 0. The van der Waals surface area contributed by atoms with E-state index < -0.39 is 63.7 Å². The van der Waals surface area contributed by atoms with Crippen LogP contribution in [0.4, 0.5) is 74.6 Å². The van der Waals surface area contributed by atoms with Gasteiger partial charge in [0.1, 0.15) is 0 Å². The van der Waals surface area contributed by atoms with Crippen LogP contribution in [0.3, 0.4) is 0 Å². The summed E-state index contributed by atoms with van der Waals surface area (Å²) in [6, 6.07) is -7.68. The Labute approximate surface area is 140 Å². The van der Waals surface area contributed by atoms with Crippen molar-refractivity contribution in [3.8, 4) is 0 Å². The zero-order valence-corrected chi connectivity index (χ0v) is 11.9. The van der Waals surface area contributed by atoms with E-state index in [2.05, 4.69) is 0 Å². The van der Waals surface area contributed by atoms with Crippen LogP contribution in [0.25, 0.3) is 0 Å². The van der Waals surface area contributed by atoms with Crippen LogP contribution in [0.15, 0.2) is 0 Å². The molecule has 28 heavy (non-hydrogen) atoms. The minimum atomic E-state index is -8.13. The van der Waals surface area contributed by atoms with Gasteiger partial charge in [0.2, 0.25) is 0 Å². The first-order valence-corrected chi connectivity index (χ1v) is 6.38. The van der Waals surface area contributed by atoms with E-state index in [1.54, 1.807) is 0 Å². The Bertz CT molecular complexity index is 753. The smallest absolute Gasteiger partial charge is 0.223 e. The molecule has 2 bridgehead atoms. The second-order valence-corrected chi connectivity index (χ2v) is 6.23. The van der Waals surface area contributed by atoms with E-state index in [4.69, 9.17) is 0 Å². The Kier molecular flexibility index (Phi) is 3.18. The zero-order valence-electron chi connectivity index (χ0n) is 11.9. The fourth-order valence-electron chi connectivity index (χ4n) is 3.57. The average molecular weight is 457 g/mol. The van der Waals surface area contributed by atoms with Gasteiger partial charge in [-0.3, -0.25) is 0 Å². The van der Waals surface area contributed by atoms with Gasteiger partial charge in [-0.1, -0.05) is 0 Å². The number of fused-ring (bicyclic) bond motifs is 4. The molecule has 3 rings (SSSR count). The number of alkyl halides is 17. The van der Waals surface area contributed by atoms with Crippen molar-refractivity contribution in [1.29, 1.82) is 0 Å². The van der Waals surface area contributed by atoms with Gasteiger partial charge in [-0.2, -0.15) is 61.5 Å². The van der Waals surface area contributed by atoms with Crippen LogP contribution in [0, 0.1) is 0 Å². The van der Waals surface area contributed by atoms with Crippen molar-refractivity contribution in [2.24, 2.45) is 0 Å². The Hall–Kier alpha value is -1.23. The van der Waals surface area contributed by atoms with Crippen LogP contribution < -0.4 is 0 Å². The zero-order chi connectivity index (χ0) is 22.6. The van der Waals surface area contributed by atoms with Gasteiger partial charge in [0.05, 0.1) is 0 Å². The molecule has 1 aliphatic carbocycles. The quantitative estimate of drug-likeness (QED) is 0.374. The highest BCUT2D eigenvalue weighted by Gasteiger charge is 3.18. The molecule has 3 unspecified atom stereocenters. The Morgan fingerprint density at radius 3 is 0.929 bits per heavy atom. The van der Waals surface area contributed by atoms with Crippen LogP contribution >= 0.6 is 0 Å². The Balaban J connectivity index is 2.64. The predicted octanol–water partition coefficient (Wildman–Crippen LogP) is 4.77. The summed E-state index contributed by atoms with van der Waals surface area (Å²) in [7, 11) is 0. The maximum Gasteiger partial charge on any atom is 0.391 e. The lowest BCUT2D eigenvalue weighted by Gasteiger charge is -2.53. The van der Waals surface area contributed by atoms with Crippen LogP contribution in [0.5, 0.6) is 0 Å². The Morgan fingerprint density at radius 2 is 0.607 bits per heavy atom. The minimum Gasteiger partial charge on any atom is -0.223 e. The summed E-state index contributed by atoms with van der Waals surface area (Å²) in [5.74, 6) is -62.6. The number of hydrogen-bond acceptors (Lipinski definition) is 1. The summed E-state index contributed by atoms with van der Waals surface area (Å²) >= 11 is 0. The third-order valence-electron chi connectivity index (χ3n) is 5.03. The molecule has 3 aliphatic rings. The fourth-order valence-corrected chi connectivity index (χ4v) is 3.57.